The number of aryl methyl sites for hydroxylation is 2. The molecule has 0 heterocycles. The third-order valence-corrected chi connectivity index (χ3v) is 4.29. The molecular formula is C18H27NO2. The largest absolute Gasteiger partial charge is 0.481 e. The summed E-state index contributed by atoms with van der Waals surface area (Å²) < 4.78 is 5.79. The van der Waals surface area contributed by atoms with Gasteiger partial charge in [-0.25, -0.2) is 0 Å². The van der Waals surface area contributed by atoms with Gasteiger partial charge in [0.1, 0.15) is 5.75 Å². The Morgan fingerprint density at radius 3 is 2.67 bits per heavy atom. The lowest BCUT2D eigenvalue weighted by Gasteiger charge is -2.23. The molecule has 1 aliphatic carbocycles. The quantitative estimate of drug-likeness (QED) is 0.896. The second-order valence-corrected chi connectivity index (χ2v) is 6.28. The topological polar surface area (TPSA) is 38.3 Å². The van der Waals surface area contributed by atoms with E-state index in [9.17, 15) is 4.79 Å². The standard InChI is InChI=1S/C18H27NO2/c1-13-9-10-17(14(2)11-13)21-15(3)18(20)19-12-16-7-5-4-6-8-16/h9-11,15-16H,4-8,12H2,1-3H3,(H,19,20). The molecule has 3 heteroatoms. The van der Waals surface area contributed by atoms with Gasteiger partial charge in [0.25, 0.3) is 5.91 Å². The highest BCUT2D eigenvalue weighted by Gasteiger charge is 2.18. The van der Waals surface area contributed by atoms with Crippen molar-refractivity contribution in [1.82, 2.24) is 5.32 Å². The van der Waals surface area contributed by atoms with Crippen LogP contribution in [0.5, 0.6) is 5.75 Å². The zero-order chi connectivity index (χ0) is 15.2. The number of rotatable bonds is 5. The monoisotopic (exact) mass is 289 g/mol. The van der Waals surface area contributed by atoms with Crippen LogP contribution < -0.4 is 10.1 Å². The molecule has 116 valence electrons. The van der Waals surface area contributed by atoms with Gasteiger partial charge in [-0.3, -0.25) is 4.79 Å². The highest BCUT2D eigenvalue weighted by Crippen LogP contribution is 2.23. The third-order valence-electron chi connectivity index (χ3n) is 4.29. The Bertz CT molecular complexity index is 478. The maximum absolute atomic E-state index is 12.1. The van der Waals surface area contributed by atoms with Gasteiger partial charge >= 0.3 is 0 Å². The summed E-state index contributed by atoms with van der Waals surface area (Å²) in [5, 5.41) is 3.04. The van der Waals surface area contributed by atoms with Gasteiger partial charge in [-0.1, -0.05) is 37.0 Å². The van der Waals surface area contributed by atoms with E-state index in [0.717, 1.165) is 17.9 Å². The van der Waals surface area contributed by atoms with Crippen LogP contribution in [0.2, 0.25) is 0 Å². The molecule has 1 fully saturated rings. The Hall–Kier alpha value is -1.51. The van der Waals surface area contributed by atoms with Gasteiger partial charge in [-0.2, -0.15) is 0 Å². The molecule has 1 aromatic carbocycles. The number of amides is 1. The summed E-state index contributed by atoms with van der Waals surface area (Å²) in [5.74, 6) is 1.43. The van der Waals surface area contributed by atoms with E-state index in [4.69, 9.17) is 4.74 Å². The van der Waals surface area contributed by atoms with Crippen LogP contribution >= 0.6 is 0 Å². The number of hydrogen-bond donors (Lipinski definition) is 1. The van der Waals surface area contributed by atoms with Crippen LogP contribution in [0, 0.1) is 19.8 Å². The van der Waals surface area contributed by atoms with Crippen molar-refractivity contribution in [2.45, 2.75) is 59.0 Å². The molecule has 0 aromatic heterocycles. The van der Waals surface area contributed by atoms with E-state index in [-0.39, 0.29) is 5.91 Å². The van der Waals surface area contributed by atoms with Crippen molar-refractivity contribution in [1.29, 1.82) is 0 Å². The number of ether oxygens (including phenoxy) is 1. The second kappa shape index (κ2) is 7.48. The summed E-state index contributed by atoms with van der Waals surface area (Å²) in [6.45, 7) is 6.67. The number of hydrogen-bond acceptors (Lipinski definition) is 2. The van der Waals surface area contributed by atoms with E-state index in [0.29, 0.717) is 5.92 Å². The summed E-state index contributed by atoms with van der Waals surface area (Å²) in [6.07, 6.45) is 5.98. The summed E-state index contributed by atoms with van der Waals surface area (Å²) in [5.41, 5.74) is 2.27. The number of nitrogens with one attached hydrogen (secondary N) is 1. The van der Waals surface area contributed by atoms with Crippen LogP contribution in [0.1, 0.15) is 50.2 Å². The lowest BCUT2D eigenvalue weighted by molar-refractivity contribution is -0.127. The van der Waals surface area contributed by atoms with Gasteiger partial charge in [-0.05, 0) is 51.2 Å². The molecule has 0 radical (unpaired) electrons. The van der Waals surface area contributed by atoms with Crippen LogP contribution in [0.4, 0.5) is 0 Å². The minimum Gasteiger partial charge on any atom is -0.481 e. The van der Waals surface area contributed by atoms with Crippen LogP contribution in [0.3, 0.4) is 0 Å². The highest BCUT2D eigenvalue weighted by molar-refractivity contribution is 5.80. The predicted molar refractivity (Wildman–Crippen MR) is 85.6 cm³/mol. The van der Waals surface area contributed by atoms with Crippen molar-refractivity contribution in [3.8, 4) is 5.75 Å². The second-order valence-electron chi connectivity index (χ2n) is 6.28. The van der Waals surface area contributed by atoms with Crippen LogP contribution in [0.15, 0.2) is 18.2 Å². The first-order valence-electron chi connectivity index (χ1n) is 8.08. The molecule has 1 atom stereocenters. The first kappa shape index (κ1) is 15.9. The lowest BCUT2D eigenvalue weighted by Crippen LogP contribution is -2.39. The van der Waals surface area contributed by atoms with Crippen LogP contribution in [-0.4, -0.2) is 18.6 Å². The van der Waals surface area contributed by atoms with Gasteiger partial charge in [0.15, 0.2) is 6.10 Å². The molecule has 1 amide bonds. The van der Waals surface area contributed by atoms with Gasteiger partial charge in [0, 0.05) is 6.54 Å². The van der Waals surface area contributed by atoms with Gasteiger partial charge < -0.3 is 10.1 Å². The molecule has 1 aliphatic rings. The SMILES string of the molecule is Cc1ccc(OC(C)C(=O)NCC2CCCCC2)c(C)c1. The van der Waals surface area contributed by atoms with Crippen molar-refractivity contribution >= 4 is 5.91 Å². The van der Waals surface area contributed by atoms with Crippen molar-refractivity contribution < 1.29 is 9.53 Å². The van der Waals surface area contributed by atoms with Crippen LogP contribution in [0.25, 0.3) is 0 Å². The average molecular weight is 289 g/mol. The van der Waals surface area contributed by atoms with Crippen molar-refractivity contribution in [3.05, 3.63) is 29.3 Å². The fourth-order valence-electron chi connectivity index (χ4n) is 2.96. The Morgan fingerprint density at radius 1 is 1.29 bits per heavy atom. The number of carbonyl (C=O) groups excluding carboxylic acids is 1. The first-order valence-corrected chi connectivity index (χ1v) is 8.08. The van der Waals surface area contributed by atoms with Gasteiger partial charge in [0.05, 0.1) is 0 Å². The van der Waals surface area contributed by atoms with Gasteiger partial charge in [-0.15, -0.1) is 0 Å². The fraction of sp³-hybridized carbons (Fsp3) is 0.611. The molecule has 2 rings (SSSR count). The van der Waals surface area contributed by atoms with Crippen molar-refractivity contribution in [2.24, 2.45) is 5.92 Å². The average Bonchev–Trinajstić information content (AvgIpc) is 2.48. The van der Waals surface area contributed by atoms with Crippen LogP contribution in [-0.2, 0) is 4.79 Å². The summed E-state index contributed by atoms with van der Waals surface area (Å²) in [4.78, 5) is 12.1. The Morgan fingerprint density at radius 2 is 2.00 bits per heavy atom. The molecule has 1 N–H and O–H groups in total. The van der Waals surface area contributed by atoms with E-state index in [1.165, 1.54) is 37.7 Å². The minimum absolute atomic E-state index is 0.0134. The molecule has 1 unspecified atom stereocenters. The molecule has 1 aromatic rings. The third kappa shape index (κ3) is 4.76. The Labute approximate surface area is 128 Å². The molecule has 0 aliphatic heterocycles. The zero-order valence-electron chi connectivity index (χ0n) is 13.4. The van der Waals surface area contributed by atoms with E-state index < -0.39 is 6.10 Å². The Kier molecular flexibility index (Phi) is 5.66. The summed E-state index contributed by atoms with van der Waals surface area (Å²) in [6, 6.07) is 6.02. The van der Waals surface area contributed by atoms with Crippen molar-refractivity contribution in [3.63, 3.8) is 0 Å². The molecular weight excluding hydrogens is 262 g/mol. The van der Waals surface area contributed by atoms with E-state index in [1.54, 1.807) is 0 Å². The first-order chi connectivity index (χ1) is 10.1. The van der Waals surface area contributed by atoms with E-state index in [2.05, 4.69) is 18.3 Å². The fourth-order valence-corrected chi connectivity index (χ4v) is 2.96. The highest BCUT2D eigenvalue weighted by atomic mass is 16.5. The maximum Gasteiger partial charge on any atom is 0.260 e. The molecule has 21 heavy (non-hydrogen) atoms. The summed E-state index contributed by atoms with van der Waals surface area (Å²) in [7, 11) is 0. The lowest BCUT2D eigenvalue weighted by atomic mass is 9.89. The number of benzene rings is 1. The van der Waals surface area contributed by atoms with E-state index in [1.807, 2.05) is 26.0 Å². The predicted octanol–water partition coefficient (Wildman–Crippen LogP) is 3.77. The van der Waals surface area contributed by atoms with Crippen molar-refractivity contribution in [2.75, 3.05) is 6.54 Å². The normalized spacial score (nSPS) is 17.3. The molecule has 1 saturated carbocycles. The number of carbonyl (C=O) groups is 1. The zero-order valence-corrected chi connectivity index (χ0v) is 13.4. The minimum atomic E-state index is -0.449. The molecule has 3 nitrogen and oxygen atoms in total. The molecule has 0 bridgehead atoms. The summed E-state index contributed by atoms with van der Waals surface area (Å²) >= 11 is 0. The smallest absolute Gasteiger partial charge is 0.260 e. The molecule has 0 spiro atoms. The van der Waals surface area contributed by atoms with Gasteiger partial charge in [0.2, 0.25) is 0 Å². The molecule has 0 saturated heterocycles. The maximum atomic E-state index is 12.1. The van der Waals surface area contributed by atoms with E-state index >= 15 is 0 Å². The Balaban J connectivity index is 1.81.